The second-order valence-electron chi connectivity index (χ2n) is 3.14. The summed E-state index contributed by atoms with van der Waals surface area (Å²) >= 11 is 0. The Morgan fingerprint density at radius 2 is 2.21 bits per heavy atom. The van der Waals surface area contributed by atoms with E-state index in [1.165, 1.54) is 0 Å². The lowest BCUT2D eigenvalue weighted by Gasteiger charge is -2.21. The number of hydrogen-bond donors (Lipinski definition) is 0. The molecule has 14 heavy (non-hydrogen) atoms. The van der Waals surface area contributed by atoms with Gasteiger partial charge in [-0.2, -0.15) is 5.26 Å². The third-order valence-corrected chi connectivity index (χ3v) is 2.19. The minimum absolute atomic E-state index is 0.153. The molecule has 1 aromatic rings. The molecular weight excluding hydrogens is 188 g/mol. The molecule has 0 aliphatic carbocycles. The SMILES string of the molecule is N#CC1CCc2c(F)cc(F)cc2O1. The predicted octanol–water partition coefficient (Wildman–Crippen LogP) is 2.18. The second kappa shape index (κ2) is 3.26. The fourth-order valence-electron chi connectivity index (χ4n) is 1.51. The highest BCUT2D eigenvalue weighted by Gasteiger charge is 2.22. The number of nitrogens with zero attached hydrogens (tertiary/aromatic N) is 1. The van der Waals surface area contributed by atoms with E-state index in [0.29, 0.717) is 18.4 Å². The molecule has 1 aliphatic rings. The van der Waals surface area contributed by atoms with Crippen molar-refractivity contribution in [2.75, 3.05) is 0 Å². The van der Waals surface area contributed by atoms with Gasteiger partial charge in [-0.25, -0.2) is 8.78 Å². The van der Waals surface area contributed by atoms with Crippen molar-refractivity contribution in [3.8, 4) is 11.8 Å². The molecule has 0 bridgehead atoms. The zero-order valence-electron chi connectivity index (χ0n) is 7.26. The van der Waals surface area contributed by atoms with E-state index in [9.17, 15) is 8.78 Å². The van der Waals surface area contributed by atoms with Gasteiger partial charge in [0.05, 0.1) is 0 Å². The third kappa shape index (κ3) is 1.41. The van der Waals surface area contributed by atoms with Crippen LogP contribution < -0.4 is 4.74 Å². The maximum atomic E-state index is 13.2. The molecule has 1 heterocycles. The summed E-state index contributed by atoms with van der Waals surface area (Å²) in [6.45, 7) is 0. The lowest BCUT2D eigenvalue weighted by Crippen LogP contribution is -2.21. The first-order valence-corrected chi connectivity index (χ1v) is 4.25. The average Bonchev–Trinajstić information content (AvgIpc) is 2.16. The summed E-state index contributed by atoms with van der Waals surface area (Å²) in [6, 6.07) is 3.86. The number of rotatable bonds is 0. The lowest BCUT2D eigenvalue weighted by atomic mass is 10.0. The molecule has 0 amide bonds. The van der Waals surface area contributed by atoms with Gasteiger partial charge in [0.2, 0.25) is 0 Å². The van der Waals surface area contributed by atoms with Crippen molar-refractivity contribution in [3.63, 3.8) is 0 Å². The van der Waals surface area contributed by atoms with Crippen molar-refractivity contribution < 1.29 is 13.5 Å². The lowest BCUT2D eigenvalue weighted by molar-refractivity contribution is 0.221. The second-order valence-corrected chi connectivity index (χ2v) is 3.14. The minimum Gasteiger partial charge on any atom is -0.475 e. The Morgan fingerprint density at radius 3 is 2.93 bits per heavy atom. The minimum atomic E-state index is -0.681. The first-order chi connectivity index (χ1) is 6.70. The summed E-state index contributed by atoms with van der Waals surface area (Å²) in [7, 11) is 0. The van der Waals surface area contributed by atoms with Gasteiger partial charge in [-0.3, -0.25) is 0 Å². The molecule has 2 rings (SSSR count). The number of ether oxygens (including phenoxy) is 1. The van der Waals surface area contributed by atoms with Crippen molar-refractivity contribution in [1.82, 2.24) is 0 Å². The maximum Gasteiger partial charge on any atom is 0.184 e. The molecule has 0 N–H and O–H groups in total. The van der Waals surface area contributed by atoms with Crippen LogP contribution in [0.2, 0.25) is 0 Å². The van der Waals surface area contributed by atoms with Crippen LogP contribution in [0.15, 0.2) is 12.1 Å². The van der Waals surface area contributed by atoms with Crippen LogP contribution >= 0.6 is 0 Å². The molecule has 1 aromatic carbocycles. The molecule has 0 fully saturated rings. The largest absolute Gasteiger partial charge is 0.475 e. The van der Waals surface area contributed by atoms with E-state index in [4.69, 9.17) is 10.00 Å². The molecule has 1 aliphatic heterocycles. The van der Waals surface area contributed by atoms with E-state index in [1.807, 2.05) is 6.07 Å². The van der Waals surface area contributed by atoms with Gasteiger partial charge in [0, 0.05) is 24.1 Å². The Morgan fingerprint density at radius 1 is 1.43 bits per heavy atom. The summed E-state index contributed by atoms with van der Waals surface area (Å²) in [5.74, 6) is -1.13. The van der Waals surface area contributed by atoms with Gasteiger partial charge in [-0.05, 0) is 6.42 Å². The Balaban J connectivity index is 2.43. The van der Waals surface area contributed by atoms with Gasteiger partial charge in [-0.15, -0.1) is 0 Å². The van der Waals surface area contributed by atoms with Crippen molar-refractivity contribution in [2.45, 2.75) is 18.9 Å². The normalized spacial score (nSPS) is 19.4. The summed E-state index contributed by atoms with van der Waals surface area (Å²) in [5, 5.41) is 8.59. The monoisotopic (exact) mass is 195 g/mol. The number of nitriles is 1. The number of hydrogen-bond acceptors (Lipinski definition) is 2. The molecule has 1 atom stereocenters. The molecular formula is C10H7F2NO. The average molecular weight is 195 g/mol. The van der Waals surface area contributed by atoms with Gasteiger partial charge in [0.1, 0.15) is 23.5 Å². The van der Waals surface area contributed by atoms with Gasteiger partial charge < -0.3 is 4.74 Å². The molecule has 72 valence electrons. The fourth-order valence-corrected chi connectivity index (χ4v) is 1.51. The highest BCUT2D eigenvalue weighted by atomic mass is 19.1. The third-order valence-electron chi connectivity index (χ3n) is 2.19. The summed E-state index contributed by atoms with van der Waals surface area (Å²) < 4.78 is 31.0. The number of benzene rings is 1. The van der Waals surface area contributed by atoms with Crippen LogP contribution in [0.25, 0.3) is 0 Å². The Kier molecular flexibility index (Phi) is 2.08. The zero-order valence-corrected chi connectivity index (χ0v) is 7.26. The molecule has 4 heteroatoms. The maximum absolute atomic E-state index is 13.2. The standard InChI is InChI=1S/C10H7F2NO/c11-6-3-9(12)8-2-1-7(5-13)14-10(8)4-6/h3-4,7H,1-2H2. The topological polar surface area (TPSA) is 33.0 Å². The number of halogens is 2. The van der Waals surface area contributed by atoms with Crippen LogP contribution in [0.1, 0.15) is 12.0 Å². The molecule has 2 nitrogen and oxygen atoms in total. The van der Waals surface area contributed by atoms with Crippen molar-refractivity contribution in [2.24, 2.45) is 0 Å². The van der Waals surface area contributed by atoms with E-state index in [2.05, 4.69) is 0 Å². The molecule has 0 aromatic heterocycles. The molecule has 0 radical (unpaired) electrons. The van der Waals surface area contributed by atoms with Gasteiger partial charge in [0.25, 0.3) is 0 Å². The highest BCUT2D eigenvalue weighted by Crippen LogP contribution is 2.30. The Labute approximate surface area is 79.7 Å². The zero-order chi connectivity index (χ0) is 10.1. The van der Waals surface area contributed by atoms with Crippen LogP contribution in [0.5, 0.6) is 5.75 Å². The summed E-state index contributed by atoms with van der Waals surface area (Å²) in [6.07, 6.45) is 0.273. The Hall–Kier alpha value is -1.63. The molecule has 0 spiro atoms. The van der Waals surface area contributed by atoms with Crippen molar-refractivity contribution in [3.05, 3.63) is 29.3 Å². The van der Waals surface area contributed by atoms with Crippen molar-refractivity contribution >= 4 is 0 Å². The van der Waals surface area contributed by atoms with Crippen LogP contribution in [0.4, 0.5) is 8.78 Å². The van der Waals surface area contributed by atoms with Crippen LogP contribution in [0, 0.1) is 23.0 Å². The van der Waals surface area contributed by atoms with Crippen LogP contribution in [-0.2, 0) is 6.42 Å². The predicted molar refractivity (Wildman–Crippen MR) is 44.7 cm³/mol. The van der Waals surface area contributed by atoms with Crippen LogP contribution in [0.3, 0.4) is 0 Å². The summed E-state index contributed by atoms with van der Waals surface area (Å²) in [4.78, 5) is 0. The molecule has 0 saturated carbocycles. The first kappa shape index (κ1) is 8.95. The quantitative estimate of drug-likeness (QED) is 0.635. The van der Waals surface area contributed by atoms with E-state index in [0.717, 1.165) is 12.1 Å². The smallest absolute Gasteiger partial charge is 0.184 e. The van der Waals surface area contributed by atoms with E-state index >= 15 is 0 Å². The molecule has 1 unspecified atom stereocenters. The first-order valence-electron chi connectivity index (χ1n) is 4.25. The Bertz CT molecular complexity index is 411. The summed E-state index contributed by atoms with van der Waals surface area (Å²) in [5.41, 5.74) is 0.359. The van der Waals surface area contributed by atoms with Gasteiger partial charge in [-0.1, -0.05) is 0 Å². The van der Waals surface area contributed by atoms with E-state index in [1.54, 1.807) is 0 Å². The van der Waals surface area contributed by atoms with Gasteiger partial charge in [0.15, 0.2) is 6.10 Å². The van der Waals surface area contributed by atoms with E-state index < -0.39 is 17.7 Å². The van der Waals surface area contributed by atoms with Crippen LogP contribution in [-0.4, -0.2) is 6.10 Å². The van der Waals surface area contributed by atoms with E-state index in [-0.39, 0.29) is 5.75 Å². The molecule has 0 saturated heterocycles. The van der Waals surface area contributed by atoms with Gasteiger partial charge >= 0.3 is 0 Å². The number of fused-ring (bicyclic) bond motifs is 1. The van der Waals surface area contributed by atoms with Crippen molar-refractivity contribution in [1.29, 1.82) is 5.26 Å². The highest BCUT2D eigenvalue weighted by molar-refractivity contribution is 5.37. The fraction of sp³-hybridized carbons (Fsp3) is 0.300.